The lowest BCUT2D eigenvalue weighted by atomic mass is 10.2. The molecule has 0 bridgehead atoms. The molecule has 0 aromatic heterocycles. The summed E-state index contributed by atoms with van der Waals surface area (Å²) in [7, 11) is -3.30. The summed E-state index contributed by atoms with van der Waals surface area (Å²) in [6.45, 7) is 3.95. The Balaban J connectivity index is 1.63. The molecular weight excluding hydrogens is 327 g/mol. The van der Waals surface area contributed by atoms with Gasteiger partial charge in [0.15, 0.2) is 0 Å². The molecule has 2 aromatic rings. The van der Waals surface area contributed by atoms with Crippen LogP contribution in [0, 0.1) is 0 Å². The molecule has 126 valence electrons. The molecule has 0 spiro atoms. The third-order valence-corrected chi connectivity index (χ3v) is 5.09. The highest BCUT2D eigenvalue weighted by Crippen LogP contribution is 2.57. The van der Waals surface area contributed by atoms with E-state index in [0.29, 0.717) is 11.5 Å². The summed E-state index contributed by atoms with van der Waals surface area (Å²) in [5, 5.41) is 0. The van der Waals surface area contributed by atoms with Crippen LogP contribution in [0.5, 0.6) is 11.5 Å². The lowest BCUT2D eigenvalue weighted by molar-refractivity contribution is 0.0670. The van der Waals surface area contributed by atoms with Gasteiger partial charge in [0.1, 0.15) is 36.9 Å². The van der Waals surface area contributed by atoms with E-state index in [-0.39, 0.29) is 13.2 Å². The standard InChI is InChI=1S/C18H19O5P/c1-2-24(19)22-17(13-20-15-9-5-3-6-10-15)18(23-24)14-21-16-11-7-4-8-12-16/h2-12,17-18H,1,13-14H2/t17-,18-/m0/s1. The minimum Gasteiger partial charge on any atom is -0.491 e. The lowest BCUT2D eigenvalue weighted by Gasteiger charge is -2.17. The fourth-order valence-corrected chi connectivity index (χ4v) is 3.66. The molecule has 0 saturated carbocycles. The summed E-state index contributed by atoms with van der Waals surface area (Å²) in [6.07, 6.45) is -1.00. The van der Waals surface area contributed by atoms with E-state index in [0.717, 1.165) is 0 Å². The van der Waals surface area contributed by atoms with E-state index in [9.17, 15) is 4.57 Å². The van der Waals surface area contributed by atoms with Crippen molar-refractivity contribution < 1.29 is 23.1 Å². The fraction of sp³-hybridized carbons (Fsp3) is 0.222. The van der Waals surface area contributed by atoms with Gasteiger partial charge < -0.3 is 9.47 Å². The van der Waals surface area contributed by atoms with Crippen LogP contribution in [0.4, 0.5) is 0 Å². The molecule has 0 amide bonds. The van der Waals surface area contributed by atoms with Crippen LogP contribution in [0.2, 0.25) is 0 Å². The number of rotatable bonds is 7. The second kappa shape index (κ2) is 7.67. The van der Waals surface area contributed by atoms with Gasteiger partial charge in [-0.2, -0.15) is 0 Å². The Bertz CT molecular complexity index is 648. The van der Waals surface area contributed by atoms with Crippen molar-refractivity contribution in [2.45, 2.75) is 12.2 Å². The van der Waals surface area contributed by atoms with Crippen molar-refractivity contribution in [1.29, 1.82) is 0 Å². The van der Waals surface area contributed by atoms with Gasteiger partial charge >= 0.3 is 7.60 Å². The summed E-state index contributed by atoms with van der Waals surface area (Å²) < 4.78 is 34.8. The quantitative estimate of drug-likeness (QED) is 0.701. The maximum absolute atomic E-state index is 12.4. The lowest BCUT2D eigenvalue weighted by Crippen LogP contribution is -2.33. The van der Waals surface area contributed by atoms with Crippen molar-refractivity contribution in [1.82, 2.24) is 0 Å². The summed E-state index contributed by atoms with van der Waals surface area (Å²) in [6, 6.07) is 18.7. The molecule has 5 nitrogen and oxygen atoms in total. The van der Waals surface area contributed by atoms with Gasteiger partial charge in [-0.25, -0.2) is 0 Å². The van der Waals surface area contributed by atoms with Crippen molar-refractivity contribution in [3.63, 3.8) is 0 Å². The molecule has 24 heavy (non-hydrogen) atoms. The normalized spacial score (nSPS) is 22.0. The highest BCUT2D eigenvalue weighted by atomic mass is 31.2. The summed E-state index contributed by atoms with van der Waals surface area (Å²) in [5.74, 6) is 2.64. The molecule has 0 aliphatic carbocycles. The molecule has 0 unspecified atom stereocenters. The predicted octanol–water partition coefficient (Wildman–Crippen LogP) is 4.27. The van der Waals surface area contributed by atoms with Crippen LogP contribution >= 0.6 is 7.60 Å². The highest BCUT2D eigenvalue weighted by molar-refractivity contribution is 7.57. The minimum absolute atomic E-state index is 0.213. The molecule has 3 rings (SSSR count). The van der Waals surface area contributed by atoms with Gasteiger partial charge in [0, 0.05) is 5.82 Å². The van der Waals surface area contributed by atoms with Crippen LogP contribution in [-0.2, 0) is 13.6 Å². The van der Waals surface area contributed by atoms with Crippen molar-refractivity contribution in [3.05, 3.63) is 73.1 Å². The Morgan fingerprint density at radius 1 is 0.875 bits per heavy atom. The van der Waals surface area contributed by atoms with Crippen LogP contribution in [0.1, 0.15) is 0 Å². The second-order valence-corrected chi connectivity index (χ2v) is 7.12. The van der Waals surface area contributed by atoms with Crippen molar-refractivity contribution >= 4 is 7.60 Å². The van der Waals surface area contributed by atoms with Crippen molar-refractivity contribution in [2.75, 3.05) is 13.2 Å². The molecule has 0 N–H and O–H groups in total. The van der Waals surface area contributed by atoms with E-state index in [4.69, 9.17) is 18.5 Å². The number of ether oxygens (including phenoxy) is 2. The van der Waals surface area contributed by atoms with Gasteiger partial charge in [-0.05, 0) is 24.3 Å². The van der Waals surface area contributed by atoms with E-state index >= 15 is 0 Å². The summed E-state index contributed by atoms with van der Waals surface area (Å²) in [5.41, 5.74) is 0. The third kappa shape index (κ3) is 4.26. The second-order valence-electron chi connectivity index (χ2n) is 5.26. The molecule has 1 fully saturated rings. The number of hydrogen-bond acceptors (Lipinski definition) is 5. The molecule has 1 heterocycles. The van der Waals surface area contributed by atoms with Gasteiger partial charge in [-0.1, -0.05) is 43.0 Å². The van der Waals surface area contributed by atoms with Gasteiger partial charge in [0.05, 0.1) is 0 Å². The van der Waals surface area contributed by atoms with Crippen LogP contribution in [-0.4, -0.2) is 25.4 Å². The average Bonchev–Trinajstić information content (AvgIpc) is 2.97. The maximum atomic E-state index is 12.4. The molecule has 6 heteroatoms. The zero-order valence-corrected chi connectivity index (χ0v) is 14.0. The first kappa shape index (κ1) is 16.8. The number of benzene rings is 2. The largest absolute Gasteiger partial charge is 0.491 e. The average molecular weight is 346 g/mol. The molecule has 0 radical (unpaired) electrons. The first-order chi connectivity index (χ1) is 11.7. The Kier molecular flexibility index (Phi) is 5.36. The van der Waals surface area contributed by atoms with Crippen molar-refractivity contribution in [2.24, 2.45) is 0 Å². The van der Waals surface area contributed by atoms with Crippen LogP contribution < -0.4 is 9.47 Å². The molecular formula is C18H19O5P. The monoisotopic (exact) mass is 346 g/mol. The third-order valence-electron chi connectivity index (χ3n) is 3.52. The predicted molar refractivity (Wildman–Crippen MR) is 91.4 cm³/mol. The number of para-hydroxylation sites is 2. The van der Waals surface area contributed by atoms with E-state index in [1.54, 1.807) is 0 Å². The Labute approximate surface area is 141 Å². The Morgan fingerprint density at radius 2 is 1.29 bits per heavy atom. The zero-order valence-electron chi connectivity index (χ0n) is 13.1. The van der Waals surface area contributed by atoms with E-state index < -0.39 is 19.8 Å². The molecule has 1 aliphatic heterocycles. The molecule has 1 aliphatic rings. The SMILES string of the molecule is C=CP1(=O)O[C@@H](COc2ccccc2)[C@H](COc2ccccc2)O1. The minimum atomic E-state index is -3.30. The number of hydrogen-bond donors (Lipinski definition) is 0. The molecule has 2 atom stereocenters. The zero-order chi connectivity index (χ0) is 16.8. The first-order valence-corrected chi connectivity index (χ1v) is 9.25. The van der Waals surface area contributed by atoms with Crippen molar-refractivity contribution in [3.8, 4) is 11.5 Å². The molecule has 1 saturated heterocycles. The smallest absolute Gasteiger partial charge is 0.354 e. The van der Waals surface area contributed by atoms with Gasteiger partial charge in [0.25, 0.3) is 0 Å². The van der Waals surface area contributed by atoms with E-state index in [1.165, 1.54) is 5.82 Å². The highest BCUT2D eigenvalue weighted by Gasteiger charge is 2.43. The summed E-state index contributed by atoms with van der Waals surface area (Å²) >= 11 is 0. The van der Waals surface area contributed by atoms with Crippen LogP contribution in [0.25, 0.3) is 0 Å². The van der Waals surface area contributed by atoms with Crippen LogP contribution in [0.15, 0.2) is 73.1 Å². The Hall–Kier alpha value is -2.07. The first-order valence-electron chi connectivity index (χ1n) is 7.64. The van der Waals surface area contributed by atoms with Gasteiger partial charge in [-0.3, -0.25) is 13.6 Å². The fourth-order valence-electron chi connectivity index (χ4n) is 2.29. The van der Waals surface area contributed by atoms with E-state index in [2.05, 4.69) is 6.58 Å². The molecule has 2 aromatic carbocycles. The van der Waals surface area contributed by atoms with Gasteiger partial charge in [-0.15, -0.1) is 0 Å². The maximum Gasteiger partial charge on any atom is 0.354 e. The Morgan fingerprint density at radius 3 is 1.67 bits per heavy atom. The van der Waals surface area contributed by atoms with Crippen LogP contribution in [0.3, 0.4) is 0 Å². The van der Waals surface area contributed by atoms with E-state index in [1.807, 2.05) is 60.7 Å². The van der Waals surface area contributed by atoms with Gasteiger partial charge in [0.2, 0.25) is 0 Å². The topological polar surface area (TPSA) is 54.0 Å². The summed E-state index contributed by atoms with van der Waals surface area (Å²) in [4.78, 5) is 0.